The highest BCUT2D eigenvalue weighted by molar-refractivity contribution is 6.33. The fourth-order valence-electron chi connectivity index (χ4n) is 3.57. The Bertz CT molecular complexity index is 1210. The third-order valence-electron chi connectivity index (χ3n) is 5.46. The second-order valence-corrected chi connectivity index (χ2v) is 8.35. The lowest BCUT2D eigenvalue weighted by molar-refractivity contribution is 0.783. The van der Waals surface area contributed by atoms with Crippen LogP contribution in [0.1, 0.15) is 44.0 Å². The van der Waals surface area contributed by atoms with Gasteiger partial charge in [0.1, 0.15) is 11.9 Å². The van der Waals surface area contributed by atoms with Crippen LogP contribution in [0.3, 0.4) is 0 Å². The summed E-state index contributed by atoms with van der Waals surface area (Å²) in [6, 6.07) is 24.0. The van der Waals surface area contributed by atoms with Crippen LogP contribution in [0.15, 0.2) is 84.2 Å². The molecule has 0 saturated heterocycles. The average Bonchev–Trinajstić information content (AvgIpc) is 3.24. The van der Waals surface area contributed by atoms with Gasteiger partial charge in [0.25, 0.3) is 0 Å². The Hall–Kier alpha value is -3.24. The Labute approximate surface area is 187 Å². The van der Waals surface area contributed by atoms with Crippen LogP contribution in [-0.2, 0) is 0 Å². The third-order valence-corrected chi connectivity index (χ3v) is 5.79. The molecule has 0 N–H and O–H groups in total. The number of halogens is 1. The molecule has 1 heterocycles. The molecule has 3 aromatic carbocycles. The minimum absolute atomic E-state index is 0.482. The maximum absolute atomic E-state index is 11.1. The van der Waals surface area contributed by atoms with E-state index < -0.39 is 6.04 Å². The summed E-state index contributed by atoms with van der Waals surface area (Å²) in [5.74, 6) is 1.17. The molecule has 5 heteroatoms. The van der Waals surface area contributed by atoms with E-state index in [1.54, 1.807) is 6.92 Å². The van der Waals surface area contributed by atoms with E-state index in [-0.39, 0.29) is 0 Å². The molecule has 0 amide bonds. The van der Waals surface area contributed by atoms with Crippen molar-refractivity contribution in [3.8, 4) is 28.2 Å². The van der Waals surface area contributed by atoms with Crippen LogP contribution in [0.2, 0.25) is 5.02 Å². The van der Waals surface area contributed by atoms with E-state index in [1.807, 2.05) is 35.0 Å². The first-order valence-electron chi connectivity index (χ1n) is 10.4. The summed E-state index contributed by atoms with van der Waals surface area (Å²) in [4.78, 5) is 15.8. The number of nitroso groups, excluding NO2 is 1. The van der Waals surface area contributed by atoms with Gasteiger partial charge in [-0.2, -0.15) is 4.91 Å². The smallest absolute Gasteiger partial charge is 0.146 e. The largest absolute Gasteiger partial charge is 0.299 e. The molecule has 4 rings (SSSR count). The second-order valence-electron chi connectivity index (χ2n) is 7.95. The van der Waals surface area contributed by atoms with Crippen molar-refractivity contribution in [2.75, 3.05) is 0 Å². The normalized spacial score (nSPS) is 12.2. The highest BCUT2D eigenvalue weighted by Crippen LogP contribution is 2.32. The van der Waals surface area contributed by atoms with Crippen LogP contribution < -0.4 is 0 Å². The van der Waals surface area contributed by atoms with Gasteiger partial charge in [0.15, 0.2) is 0 Å². The maximum Gasteiger partial charge on any atom is 0.146 e. The molecule has 4 aromatic rings. The second kappa shape index (κ2) is 8.86. The summed E-state index contributed by atoms with van der Waals surface area (Å²) in [7, 11) is 0. The summed E-state index contributed by atoms with van der Waals surface area (Å²) in [6.45, 7) is 6.13. The van der Waals surface area contributed by atoms with Crippen molar-refractivity contribution in [3.63, 3.8) is 0 Å². The van der Waals surface area contributed by atoms with Crippen molar-refractivity contribution in [1.29, 1.82) is 0 Å². The molecule has 0 bridgehead atoms. The molecule has 4 nitrogen and oxygen atoms in total. The molecular weight excluding hydrogens is 406 g/mol. The van der Waals surface area contributed by atoms with Crippen LogP contribution in [0, 0.1) is 4.91 Å². The molecule has 31 heavy (non-hydrogen) atoms. The highest BCUT2D eigenvalue weighted by Gasteiger charge is 2.18. The van der Waals surface area contributed by atoms with Crippen LogP contribution in [-0.4, -0.2) is 9.55 Å². The van der Waals surface area contributed by atoms with Gasteiger partial charge in [-0.1, -0.05) is 79.2 Å². The Balaban J connectivity index is 1.77. The van der Waals surface area contributed by atoms with E-state index in [1.165, 1.54) is 11.1 Å². The number of nitrogens with zero attached hydrogens (tertiary/aromatic N) is 3. The Morgan fingerprint density at radius 3 is 2.32 bits per heavy atom. The standard InChI is InChI=1S/C26H24ClN3O/c1-17(2)20-7-6-8-21(15-20)19-11-13-22(14-12-19)30-16-25(18(3)29-31)28-26(30)23-9-4-5-10-24(23)27/h4-18H,1-3H3. The lowest BCUT2D eigenvalue weighted by Gasteiger charge is -2.11. The molecule has 0 aliphatic heterocycles. The highest BCUT2D eigenvalue weighted by atomic mass is 35.5. The van der Waals surface area contributed by atoms with Crippen molar-refractivity contribution in [1.82, 2.24) is 9.55 Å². The first kappa shape index (κ1) is 21.0. The molecule has 1 unspecified atom stereocenters. The van der Waals surface area contributed by atoms with Crippen LogP contribution in [0.25, 0.3) is 28.2 Å². The zero-order chi connectivity index (χ0) is 22.0. The topological polar surface area (TPSA) is 47.2 Å². The van der Waals surface area contributed by atoms with E-state index in [4.69, 9.17) is 11.6 Å². The van der Waals surface area contributed by atoms with Crippen molar-refractivity contribution in [2.45, 2.75) is 32.7 Å². The van der Waals surface area contributed by atoms with E-state index >= 15 is 0 Å². The SMILES string of the molecule is CC(C)c1cccc(-c2ccc(-n3cc(C(C)N=O)nc3-c3ccccc3Cl)cc2)c1. The monoisotopic (exact) mass is 429 g/mol. The van der Waals surface area contributed by atoms with Gasteiger partial charge in [0, 0.05) is 17.4 Å². The van der Waals surface area contributed by atoms with Gasteiger partial charge >= 0.3 is 0 Å². The number of benzene rings is 3. The zero-order valence-corrected chi connectivity index (χ0v) is 18.5. The van der Waals surface area contributed by atoms with Gasteiger partial charge in [0.2, 0.25) is 0 Å². The predicted octanol–water partition coefficient (Wildman–Crippen LogP) is 7.81. The van der Waals surface area contributed by atoms with E-state index in [0.29, 0.717) is 22.5 Å². The summed E-state index contributed by atoms with van der Waals surface area (Å²) in [5.41, 5.74) is 6.01. The molecule has 0 saturated carbocycles. The quantitative estimate of drug-likeness (QED) is 0.293. The van der Waals surface area contributed by atoms with Gasteiger partial charge in [-0.15, -0.1) is 0 Å². The van der Waals surface area contributed by atoms with Gasteiger partial charge in [-0.25, -0.2) is 4.98 Å². The molecule has 0 aliphatic rings. The van der Waals surface area contributed by atoms with Crippen molar-refractivity contribution < 1.29 is 0 Å². The van der Waals surface area contributed by atoms with Gasteiger partial charge in [-0.3, -0.25) is 4.57 Å². The van der Waals surface area contributed by atoms with Crippen LogP contribution >= 0.6 is 11.6 Å². The molecular formula is C26H24ClN3O. The number of hydrogen-bond donors (Lipinski definition) is 0. The molecule has 1 aromatic heterocycles. The Morgan fingerprint density at radius 1 is 0.903 bits per heavy atom. The van der Waals surface area contributed by atoms with Crippen molar-refractivity contribution >= 4 is 11.6 Å². The minimum Gasteiger partial charge on any atom is -0.299 e. The third kappa shape index (κ3) is 4.30. The Morgan fingerprint density at radius 2 is 1.65 bits per heavy atom. The van der Waals surface area contributed by atoms with Crippen LogP contribution in [0.4, 0.5) is 0 Å². The summed E-state index contributed by atoms with van der Waals surface area (Å²) in [5, 5.41) is 3.75. The van der Waals surface area contributed by atoms with E-state index in [2.05, 4.69) is 72.5 Å². The maximum atomic E-state index is 11.1. The summed E-state index contributed by atoms with van der Waals surface area (Å²) in [6.07, 6.45) is 1.86. The fraction of sp³-hybridized carbons (Fsp3) is 0.192. The number of imidazole rings is 1. The molecule has 0 radical (unpaired) electrons. The Kier molecular flexibility index (Phi) is 6.01. The molecule has 1 atom stereocenters. The summed E-state index contributed by atoms with van der Waals surface area (Å²) >= 11 is 6.45. The molecule has 0 fully saturated rings. The predicted molar refractivity (Wildman–Crippen MR) is 128 cm³/mol. The number of rotatable bonds is 6. The summed E-state index contributed by atoms with van der Waals surface area (Å²) < 4.78 is 1.96. The molecule has 156 valence electrons. The number of hydrogen-bond acceptors (Lipinski definition) is 3. The average molecular weight is 430 g/mol. The first-order valence-corrected chi connectivity index (χ1v) is 10.7. The van der Waals surface area contributed by atoms with Crippen molar-refractivity contribution in [3.05, 3.63) is 100 Å². The van der Waals surface area contributed by atoms with E-state index in [0.717, 1.165) is 16.8 Å². The first-order chi connectivity index (χ1) is 15.0. The van der Waals surface area contributed by atoms with Gasteiger partial charge in [-0.05, 0) is 53.8 Å². The lowest BCUT2D eigenvalue weighted by Crippen LogP contribution is -1.96. The van der Waals surface area contributed by atoms with Crippen molar-refractivity contribution in [2.24, 2.45) is 5.18 Å². The molecule has 0 aliphatic carbocycles. The number of aromatic nitrogens is 2. The van der Waals surface area contributed by atoms with Crippen LogP contribution in [0.5, 0.6) is 0 Å². The minimum atomic E-state index is -0.541. The van der Waals surface area contributed by atoms with Gasteiger partial charge < -0.3 is 0 Å². The van der Waals surface area contributed by atoms with E-state index in [9.17, 15) is 4.91 Å². The zero-order valence-electron chi connectivity index (χ0n) is 17.8. The molecule has 0 spiro atoms. The lowest BCUT2D eigenvalue weighted by atomic mass is 9.97. The fourth-order valence-corrected chi connectivity index (χ4v) is 3.80. The van der Waals surface area contributed by atoms with Gasteiger partial charge in [0.05, 0.1) is 10.7 Å².